The Morgan fingerprint density at radius 1 is 1.39 bits per heavy atom. The number of hydrogen-bond donors (Lipinski definition) is 1. The van der Waals surface area contributed by atoms with Crippen LogP contribution in [0.5, 0.6) is 0 Å². The summed E-state index contributed by atoms with van der Waals surface area (Å²) >= 11 is 0. The van der Waals surface area contributed by atoms with Gasteiger partial charge in [0.25, 0.3) is 6.47 Å². The van der Waals surface area contributed by atoms with Crippen LogP contribution in [-0.2, 0) is 16.1 Å². The Balaban J connectivity index is 0.000000331. The fourth-order valence-electron chi connectivity index (χ4n) is 1.31. The maximum atomic E-state index is 9.76. The van der Waals surface area contributed by atoms with Gasteiger partial charge in [-0.3, -0.25) is 4.79 Å². The molecule has 0 saturated carbocycles. The first-order valence-corrected chi connectivity index (χ1v) is 5.74. The molecule has 0 unspecified atom stereocenters. The Morgan fingerprint density at radius 2 is 2.00 bits per heavy atom. The molecule has 98 valence electrons. The third-order valence-corrected chi connectivity index (χ3v) is 2.18. The predicted octanol–water partition coefficient (Wildman–Crippen LogP) is 3.05. The van der Waals surface area contributed by atoms with E-state index in [2.05, 4.69) is 16.6 Å². The molecule has 1 aromatic carbocycles. The van der Waals surface area contributed by atoms with Crippen LogP contribution in [0.15, 0.2) is 54.3 Å². The highest BCUT2D eigenvalue weighted by Crippen LogP contribution is 1.99. The minimum absolute atomic E-state index is 0.365. The van der Waals surface area contributed by atoms with Gasteiger partial charge in [0.1, 0.15) is 6.61 Å². The summed E-state index contributed by atoms with van der Waals surface area (Å²) in [5, 5.41) is 3.01. The first-order valence-electron chi connectivity index (χ1n) is 5.74. The second-order valence-corrected chi connectivity index (χ2v) is 3.63. The lowest BCUT2D eigenvalue weighted by Gasteiger charge is -2.02. The van der Waals surface area contributed by atoms with Gasteiger partial charge in [0.15, 0.2) is 0 Å². The van der Waals surface area contributed by atoms with E-state index >= 15 is 0 Å². The molecule has 0 amide bonds. The summed E-state index contributed by atoms with van der Waals surface area (Å²) in [7, 11) is 1.89. The summed E-state index contributed by atoms with van der Waals surface area (Å²) in [5.74, 6) is 0. The monoisotopic (exact) mass is 247 g/mol. The normalized spacial score (nSPS) is 9.83. The van der Waals surface area contributed by atoms with Gasteiger partial charge in [-0.2, -0.15) is 0 Å². The summed E-state index contributed by atoms with van der Waals surface area (Å²) in [5.41, 5.74) is 3.20. The minimum atomic E-state index is 0.365. The Morgan fingerprint density at radius 3 is 2.33 bits per heavy atom. The van der Waals surface area contributed by atoms with Crippen LogP contribution < -0.4 is 5.32 Å². The SMILES string of the molecule is C=C(C)/C(=C/C)NC.O=COCc1ccccc1. The molecule has 0 fully saturated rings. The van der Waals surface area contributed by atoms with E-state index in [1.807, 2.05) is 57.3 Å². The van der Waals surface area contributed by atoms with E-state index < -0.39 is 0 Å². The standard InChI is InChI=1S/C8H8O2.C7H13N/c9-7-10-6-8-4-2-1-3-5-8;1-5-7(8-4)6(2)3/h1-5,7H,6H2;5,8H,2H2,1,3-4H3/b;7-5-. The van der Waals surface area contributed by atoms with Gasteiger partial charge in [0.05, 0.1) is 0 Å². The molecular weight excluding hydrogens is 226 g/mol. The van der Waals surface area contributed by atoms with Crippen molar-refractivity contribution < 1.29 is 9.53 Å². The van der Waals surface area contributed by atoms with Crippen molar-refractivity contribution in [2.24, 2.45) is 0 Å². The first-order chi connectivity index (χ1) is 8.65. The van der Waals surface area contributed by atoms with Crippen LogP contribution in [-0.4, -0.2) is 13.5 Å². The van der Waals surface area contributed by atoms with Crippen molar-refractivity contribution >= 4 is 6.47 Å². The van der Waals surface area contributed by atoms with E-state index in [9.17, 15) is 4.79 Å². The summed E-state index contributed by atoms with van der Waals surface area (Å²) in [6.07, 6.45) is 2.00. The van der Waals surface area contributed by atoms with Crippen LogP contribution in [0, 0.1) is 0 Å². The summed E-state index contributed by atoms with van der Waals surface area (Å²) in [6, 6.07) is 9.55. The zero-order chi connectivity index (χ0) is 13.8. The minimum Gasteiger partial charge on any atom is -0.463 e. The number of ether oxygens (including phenoxy) is 1. The van der Waals surface area contributed by atoms with E-state index in [4.69, 9.17) is 0 Å². The molecule has 0 aliphatic heterocycles. The van der Waals surface area contributed by atoms with Gasteiger partial charge < -0.3 is 10.1 Å². The molecule has 0 spiro atoms. The third-order valence-electron chi connectivity index (χ3n) is 2.18. The molecule has 0 atom stereocenters. The van der Waals surface area contributed by atoms with Gasteiger partial charge in [0, 0.05) is 12.7 Å². The molecule has 0 saturated heterocycles. The highest BCUT2D eigenvalue weighted by Gasteiger charge is 1.87. The number of hydrogen-bond acceptors (Lipinski definition) is 3. The summed E-state index contributed by atoms with van der Waals surface area (Å²) in [6.45, 7) is 8.55. The highest BCUT2D eigenvalue weighted by atomic mass is 16.5. The van der Waals surface area contributed by atoms with E-state index in [-0.39, 0.29) is 0 Å². The van der Waals surface area contributed by atoms with Gasteiger partial charge in [-0.15, -0.1) is 0 Å². The maximum absolute atomic E-state index is 9.76. The lowest BCUT2D eigenvalue weighted by molar-refractivity contribution is -0.129. The van der Waals surface area contributed by atoms with Crippen LogP contribution >= 0.6 is 0 Å². The van der Waals surface area contributed by atoms with E-state index in [0.29, 0.717) is 13.1 Å². The Hall–Kier alpha value is -2.03. The Labute approximate surface area is 109 Å². The third kappa shape index (κ3) is 7.28. The molecule has 3 nitrogen and oxygen atoms in total. The van der Waals surface area contributed by atoms with Crippen molar-refractivity contribution in [2.75, 3.05) is 7.05 Å². The van der Waals surface area contributed by atoms with Crippen molar-refractivity contribution in [3.63, 3.8) is 0 Å². The average molecular weight is 247 g/mol. The smallest absolute Gasteiger partial charge is 0.293 e. The molecule has 0 bridgehead atoms. The molecular formula is C15H21NO2. The van der Waals surface area contributed by atoms with Gasteiger partial charge in [0.2, 0.25) is 0 Å². The van der Waals surface area contributed by atoms with Gasteiger partial charge >= 0.3 is 0 Å². The molecule has 0 aliphatic carbocycles. The van der Waals surface area contributed by atoms with E-state index in [0.717, 1.165) is 16.8 Å². The quantitative estimate of drug-likeness (QED) is 0.642. The molecule has 1 rings (SSSR count). The van der Waals surface area contributed by atoms with Crippen molar-refractivity contribution in [3.05, 3.63) is 59.8 Å². The molecule has 18 heavy (non-hydrogen) atoms. The van der Waals surface area contributed by atoms with Crippen LogP contribution in [0.25, 0.3) is 0 Å². The van der Waals surface area contributed by atoms with Crippen molar-refractivity contribution in [1.82, 2.24) is 5.32 Å². The first kappa shape index (κ1) is 16.0. The fraction of sp³-hybridized carbons (Fsp3) is 0.267. The van der Waals surface area contributed by atoms with Crippen LogP contribution in [0.2, 0.25) is 0 Å². The zero-order valence-corrected chi connectivity index (χ0v) is 11.3. The maximum Gasteiger partial charge on any atom is 0.293 e. The number of allylic oxidation sites excluding steroid dienone is 2. The molecule has 0 aliphatic rings. The largest absolute Gasteiger partial charge is 0.463 e. The number of rotatable bonds is 5. The van der Waals surface area contributed by atoms with Crippen LogP contribution in [0.3, 0.4) is 0 Å². The number of nitrogens with one attached hydrogen (secondary N) is 1. The second-order valence-electron chi connectivity index (χ2n) is 3.63. The van der Waals surface area contributed by atoms with Gasteiger partial charge in [-0.25, -0.2) is 0 Å². The highest BCUT2D eigenvalue weighted by molar-refractivity contribution is 5.37. The number of benzene rings is 1. The van der Waals surface area contributed by atoms with Crippen molar-refractivity contribution in [1.29, 1.82) is 0 Å². The van der Waals surface area contributed by atoms with Crippen LogP contribution in [0.1, 0.15) is 19.4 Å². The average Bonchev–Trinajstić information content (AvgIpc) is 2.39. The lowest BCUT2D eigenvalue weighted by Crippen LogP contribution is -2.05. The fourth-order valence-corrected chi connectivity index (χ4v) is 1.31. The number of carbonyl (C=O) groups excluding carboxylic acids is 1. The molecule has 0 heterocycles. The lowest BCUT2D eigenvalue weighted by atomic mass is 10.2. The molecule has 3 heteroatoms. The van der Waals surface area contributed by atoms with Crippen molar-refractivity contribution in [2.45, 2.75) is 20.5 Å². The second kappa shape index (κ2) is 10.1. The summed E-state index contributed by atoms with van der Waals surface area (Å²) in [4.78, 5) is 9.76. The molecule has 1 aromatic rings. The molecule has 0 aromatic heterocycles. The van der Waals surface area contributed by atoms with Gasteiger partial charge in [-0.1, -0.05) is 43.0 Å². The van der Waals surface area contributed by atoms with E-state index in [1.54, 1.807) is 0 Å². The van der Waals surface area contributed by atoms with Crippen LogP contribution in [0.4, 0.5) is 0 Å². The number of likely N-dealkylation sites (N-methyl/N-ethyl adjacent to an activating group) is 1. The zero-order valence-electron chi connectivity index (χ0n) is 11.3. The number of carbonyl (C=O) groups is 1. The topological polar surface area (TPSA) is 38.3 Å². The van der Waals surface area contributed by atoms with Gasteiger partial charge in [-0.05, 0) is 25.0 Å². The van der Waals surface area contributed by atoms with E-state index in [1.165, 1.54) is 0 Å². The van der Waals surface area contributed by atoms with Crippen molar-refractivity contribution in [3.8, 4) is 0 Å². The Kier molecular flexibility index (Phi) is 9.00. The molecule has 1 N–H and O–H groups in total. The molecule has 0 radical (unpaired) electrons. The Bertz CT molecular complexity index is 383. The predicted molar refractivity (Wildman–Crippen MR) is 74.9 cm³/mol. The summed E-state index contributed by atoms with van der Waals surface area (Å²) < 4.78 is 4.54.